The highest BCUT2D eigenvalue weighted by Crippen LogP contribution is 2.13. The van der Waals surface area contributed by atoms with Crippen LogP contribution >= 0.6 is 0 Å². The van der Waals surface area contributed by atoms with Gasteiger partial charge in [0.15, 0.2) is 0 Å². The summed E-state index contributed by atoms with van der Waals surface area (Å²) < 4.78 is 7.17. The Kier molecular flexibility index (Phi) is 4.58. The molecule has 1 N–H and O–H groups in total. The Labute approximate surface area is 114 Å². The molecule has 1 heterocycles. The van der Waals surface area contributed by atoms with Gasteiger partial charge in [-0.25, -0.2) is 0 Å². The molecule has 0 radical (unpaired) electrons. The Morgan fingerprint density at radius 3 is 2.89 bits per heavy atom. The zero-order chi connectivity index (χ0) is 13.7. The molecule has 0 fully saturated rings. The summed E-state index contributed by atoms with van der Waals surface area (Å²) >= 11 is 0. The van der Waals surface area contributed by atoms with Gasteiger partial charge in [-0.1, -0.05) is 26.0 Å². The molecule has 2 aromatic rings. The number of methoxy groups -OCH3 is 1. The molecule has 0 aliphatic carbocycles. The molecule has 1 aromatic carbocycles. The van der Waals surface area contributed by atoms with Gasteiger partial charge in [0, 0.05) is 24.3 Å². The molecule has 0 aliphatic heterocycles. The van der Waals surface area contributed by atoms with E-state index in [1.165, 1.54) is 11.1 Å². The van der Waals surface area contributed by atoms with Crippen molar-refractivity contribution in [1.29, 1.82) is 0 Å². The summed E-state index contributed by atoms with van der Waals surface area (Å²) in [6, 6.07) is 8.55. The first kappa shape index (κ1) is 13.6. The largest absolute Gasteiger partial charge is 0.497 e. The molecular formula is C15H21N3O. The van der Waals surface area contributed by atoms with E-state index >= 15 is 0 Å². The van der Waals surface area contributed by atoms with Crippen LogP contribution in [0.5, 0.6) is 5.75 Å². The maximum absolute atomic E-state index is 5.22. The molecule has 19 heavy (non-hydrogen) atoms. The summed E-state index contributed by atoms with van der Waals surface area (Å²) in [6.07, 6.45) is 3.99. The summed E-state index contributed by atoms with van der Waals surface area (Å²) in [6.45, 7) is 5.90. The topological polar surface area (TPSA) is 39.1 Å². The van der Waals surface area contributed by atoms with Crippen LogP contribution in [0.2, 0.25) is 0 Å². The van der Waals surface area contributed by atoms with Crippen LogP contribution in [0.25, 0.3) is 0 Å². The van der Waals surface area contributed by atoms with Crippen molar-refractivity contribution in [2.75, 3.05) is 7.11 Å². The molecule has 0 saturated heterocycles. The number of nitrogens with one attached hydrogen (secondary N) is 1. The lowest BCUT2D eigenvalue weighted by atomic mass is 10.2. The Balaban J connectivity index is 1.99. The molecular weight excluding hydrogens is 238 g/mol. The smallest absolute Gasteiger partial charge is 0.119 e. The molecule has 0 unspecified atom stereocenters. The van der Waals surface area contributed by atoms with Crippen LogP contribution in [0.4, 0.5) is 0 Å². The van der Waals surface area contributed by atoms with Crippen molar-refractivity contribution in [3.8, 4) is 5.75 Å². The number of ether oxygens (including phenoxy) is 1. The SMILES string of the molecule is COc1cccc(Cn2cc(CNC(C)C)cn2)c1. The van der Waals surface area contributed by atoms with E-state index < -0.39 is 0 Å². The number of hydrogen-bond donors (Lipinski definition) is 1. The molecule has 0 spiro atoms. The number of benzene rings is 1. The summed E-state index contributed by atoms with van der Waals surface area (Å²) in [5.41, 5.74) is 2.39. The lowest BCUT2D eigenvalue weighted by Gasteiger charge is -2.06. The highest BCUT2D eigenvalue weighted by Gasteiger charge is 2.02. The normalized spacial score (nSPS) is 10.9. The Morgan fingerprint density at radius 2 is 2.16 bits per heavy atom. The van der Waals surface area contributed by atoms with Gasteiger partial charge in [-0.15, -0.1) is 0 Å². The number of rotatable bonds is 6. The third kappa shape index (κ3) is 4.10. The van der Waals surface area contributed by atoms with Gasteiger partial charge >= 0.3 is 0 Å². The second-order valence-corrected chi connectivity index (χ2v) is 4.93. The van der Waals surface area contributed by atoms with E-state index in [1.807, 2.05) is 29.1 Å². The number of aromatic nitrogens is 2. The number of hydrogen-bond acceptors (Lipinski definition) is 3. The molecule has 4 nitrogen and oxygen atoms in total. The van der Waals surface area contributed by atoms with Crippen molar-refractivity contribution in [3.63, 3.8) is 0 Å². The van der Waals surface area contributed by atoms with Gasteiger partial charge in [0.25, 0.3) is 0 Å². The highest BCUT2D eigenvalue weighted by molar-refractivity contribution is 5.28. The van der Waals surface area contributed by atoms with Crippen LogP contribution < -0.4 is 10.1 Å². The summed E-state index contributed by atoms with van der Waals surface area (Å²) in [5.74, 6) is 0.881. The standard InChI is InChI=1S/C15H21N3O/c1-12(2)16-8-14-9-17-18(11-14)10-13-5-4-6-15(7-13)19-3/h4-7,9,11-12,16H,8,10H2,1-3H3. The van der Waals surface area contributed by atoms with Gasteiger partial charge in [0.2, 0.25) is 0 Å². The fraction of sp³-hybridized carbons (Fsp3) is 0.400. The fourth-order valence-corrected chi connectivity index (χ4v) is 1.86. The minimum Gasteiger partial charge on any atom is -0.497 e. The molecule has 102 valence electrons. The lowest BCUT2D eigenvalue weighted by molar-refractivity contribution is 0.414. The predicted molar refractivity (Wildman–Crippen MR) is 76.3 cm³/mol. The van der Waals surface area contributed by atoms with Crippen molar-refractivity contribution >= 4 is 0 Å². The Hall–Kier alpha value is -1.81. The summed E-state index contributed by atoms with van der Waals surface area (Å²) in [5, 5.41) is 7.76. The molecule has 4 heteroatoms. The molecule has 2 rings (SSSR count). The third-order valence-electron chi connectivity index (χ3n) is 2.88. The average Bonchev–Trinajstić information content (AvgIpc) is 2.84. The van der Waals surface area contributed by atoms with Gasteiger partial charge in [-0.05, 0) is 17.7 Å². The van der Waals surface area contributed by atoms with Crippen LogP contribution in [0.1, 0.15) is 25.0 Å². The minimum atomic E-state index is 0.488. The van der Waals surface area contributed by atoms with Crippen molar-refractivity contribution in [2.24, 2.45) is 0 Å². The van der Waals surface area contributed by atoms with Crippen LogP contribution in [-0.2, 0) is 13.1 Å². The zero-order valence-electron chi connectivity index (χ0n) is 11.8. The van der Waals surface area contributed by atoms with E-state index in [1.54, 1.807) is 7.11 Å². The minimum absolute atomic E-state index is 0.488. The lowest BCUT2D eigenvalue weighted by Crippen LogP contribution is -2.21. The van der Waals surface area contributed by atoms with Crippen molar-refractivity contribution in [3.05, 3.63) is 47.8 Å². The summed E-state index contributed by atoms with van der Waals surface area (Å²) in [7, 11) is 1.68. The second-order valence-electron chi connectivity index (χ2n) is 4.93. The van der Waals surface area contributed by atoms with Gasteiger partial charge < -0.3 is 10.1 Å². The first-order chi connectivity index (χ1) is 9.17. The van der Waals surface area contributed by atoms with E-state index in [-0.39, 0.29) is 0 Å². The van der Waals surface area contributed by atoms with E-state index in [4.69, 9.17) is 4.74 Å². The molecule has 0 bridgehead atoms. The van der Waals surface area contributed by atoms with E-state index in [2.05, 4.69) is 36.5 Å². The van der Waals surface area contributed by atoms with Crippen molar-refractivity contribution in [2.45, 2.75) is 33.0 Å². The van der Waals surface area contributed by atoms with Crippen molar-refractivity contribution in [1.82, 2.24) is 15.1 Å². The molecule has 0 aliphatic rings. The van der Waals surface area contributed by atoms with Gasteiger partial charge in [0.1, 0.15) is 5.75 Å². The first-order valence-electron chi connectivity index (χ1n) is 6.55. The monoisotopic (exact) mass is 259 g/mol. The predicted octanol–water partition coefficient (Wildman–Crippen LogP) is 2.44. The van der Waals surface area contributed by atoms with Crippen LogP contribution in [0.3, 0.4) is 0 Å². The van der Waals surface area contributed by atoms with Gasteiger partial charge in [-0.2, -0.15) is 5.10 Å². The average molecular weight is 259 g/mol. The Morgan fingerprint density at radius 1 is 1.32 bits per heavy atom. The number of nitrogens with zero attached hydrogens (tertiary/aromatic N) is 2. The fourth-order valence-electron chi connectivity index (χ4n) is 1.86. The van der Waals surface area contributed by atoms with E-state index in [0.717, 1.165) is 18.8 Å². The second kappa shape index (κ2) is 6.38. The third-order valence-corrected chi connectivity index (χ3v) is 2.88. The molecule has 0 atom stereocenters. The van der Waals surface area contributed by atoms with Crippen molar-refractivity contribution < 1.29 is 4.74 Å². The first-order valence-corrected chi connectivity index (χ1v) is 6.55. The Bertz CT molecular complexity index is 520. The maximum Gasteiger partial charge on any atom is 0.119 e. The molecule has 1 aromatic heterocycles. The quantitative estimate of drug-likeness (QED) is 0.866. The van der Waals surface area contributed by atoms with Crippen LogP contribution in [-0.4, -0.2) is 22.9 Å². The molecule has 0 saturated carbocycles. The van der Waals surface area contributed by atoms with E-state index in [9.17, 15) is 0 Å². The van der Waals surface area contributed by atoms with Gasteiger partial charge in [0.05, 0.1) is 19.9 Å². The van der Waals surface area contributed by atoms with Gasteiger partial charge in [-0.3, -0.25) is 4.68 Å². The van der Waals surface area contributed by atoms with E-state index in [0.29, 0.717) is 6.04 Å². The van der Waals surface area contributed by atoms with Crippen LogP contribution in [0, 0.1) is 0 Å². The highest BCUT2D eigenvalue weighted by atomic mass is 16.5. The molecule has 0 amide bonds. The zero-order valence-corrected chi connectivity index (χ0v) is 11.8. The van der Waals surface area contributed by atoms with Crippen LogP contribution in [0.15, 0.2) is 36.7 Å². The maximum atomic E-state index is 5.22. The summed E-state index contributed by atoms with van der Waals surface area (Å²) in [4.78, 5) is 0.